The monoisotopic (exact) mass is 496 g/mol. The number of methoxy groups -OCH3 is 1. The molecule has 0 radical (unpaired) electrons. The number of nitrogens with one attached hydrogen (secondary N) is 2. The fraction of sp³-hybridized carbons (Fsp3) is 0.111. The SMILES string of the molecule is COc1ccccc1NC(=O)C1=C(C)Nc2nc(-c3cccc(Cl)c3)nn2C1c1ccc(C#N)cc1. The molecule has 0 saturated carbocycles. The van der Waals surface area contributed by atoms with Crippen LogP contribution in [0.2, 0.25) is 5.02 Å². The van der Waals surface area contributed by atoms with Crippen LogP contribution < -0.4 is 15.4 Å². The highest BCUT2D eigenvalue weighted by Gasteiger charge is 2.34. The van der Waals surface area contributed by atoms with Crippen molar-refractivity contribution in [3.8, 4) is 23.2 Å². The zero-order valence-electron chi connectivity index (χ0n) is 19.5. The molecule has 1 aliphatic heterocycles. The molecule has 1 aromatic heterocycles. The molecule has 4 aromatic rings. The second kappa shape index (κ2) is 9.56. The van der Waals surface area contributed by atoms with Crippen LogP contribution >= 0.6 is 11.6 Å². The molecule has 178 valence electrons. The third-order valence-corrected chi connectivity index (χ3v) is 6.13. The van der Waals surface area contributed by atoms with Crippen LogP contribution in [-0.4, -0.2) is 27.8 Å². The number of halogens is 1. The number of ether oxygens (including phenoxy) is 1. The van der Waals surface area contributed by atoms with Gasteiger partial charge in [-0.05, 0) is 48.9 Å². The van der Waals surface area contributed by atoms with Gasteiger partial charge in [0.05, 0.1) is 30.0 Å². The largest absolute Gasteiger partial charge is 0.495 e. The number of nitriles is 1. The van der Waals surface area contributed by atoms with Gasteiger partial charge in [0, 0.05) is 16.3 Å². The molecule has 1 unspecified atom stereocenters. The van der Waals surface area contributed by atoms with Crippen molar-refractivity contribution in [1.82, 2.24) is 14.8 Å². The Morgan fingerprint density at radius 1 is 1.14 bits per heavy atom. The molecular formula is C27H21ClN6O2. The molecule has 2 N–H and O–H groups in total. The zero-order valence-corrected chi connectivity index (χ0v) is 20.2. The van der Waals surface area contributed by atoms with Crippen molar-refractivity contribution >= 4 is 29.1 Å². The number of hydrogen-bond donors (Lipinski definition) is 2. The number of rotatable bonds is 5. The molecule has 0 fully saturated rings. The Hall–Kier alpha value is -4.61. The van der Waals surface area contributed by atoms with E-state index in [1.54, 1.807) is 48.2 Å². The molecule has 8 nitrogen and oxygen atoms in total. The molecule has 2 heterocycles. The summed E-state index contributed by atoms with van der Waals surface area (Å²) in [6.07, 6.45) is 0. The third kappa shape index (κ3) is 4.28. The summed E-state index contributed by atoms with van der Waals surface area (Å²) in [5, 5.41) is 20.8. The second-order valence-corrected chi connectivity index (χ2v) is 8.60. The number of amides is 1. The maximum absolute atomic E-state index is 13.7. The smallest absolute Gasteiger partial charge is 0.255 e. The highest BCUT2D eigenvalue weighted by atomic mass is 35.5. The Bertz CT molecular complexity index is 1530. The van der Waals surface area contributed by atoms with Gasteiger partial charge >= 0.3 is 0 Å². The molecule has 1 aliphatic rings. The van der Waals surface area contributed by atoms with Crippen LogP contribution in [0.25, 0.3) is 11.4 Å². The molecule has 1 atom stereocenters. The fourth-order valence-corrected chi connectivity index (χ4v) is 4.37. The number of anilines is 2. The molecular weight excluding hydrogens is 476 g/mol. The van der Waals surface area contributed by atoms with Gasteiger partial charge in [-0.3, -0.25) is 4.79 Å². The lowest BCUT2D eigenvalue weighted by Gasteiger charge is -2.28. The summed E-state index contributed by atoms with van der Waals surface area (Å²) in [7, 11) is 1.55. The van der Waals surface area contributed by atoms with Gasteiger partial charge in [0.2, 0.25) is 5.95 Å². The molecule has 36 heavy (non-hydrogen) atoms. The van der Waals surface area contributed by atoms with Gasteiger partial charge in [-0.15, -0.1) is 5.10 Å². The first-order valence-corrected chi connectivity index (χ1v) is 11.5. The van der Waals surface area contributed by atoms with Gasteiger partial charge in [-0.25, -0.2) is 4.68 Å². The number of carbonyl (C=O) groups is 1. The highest BCUT2D eigenvalue weighted by molar-refractivity contribution is 6.30. The molecule has 5 rings (SSSR count). The van der Waals surface area contributed by atoms with Crippen molar-refractivity contribution in [3.05, 3.63) is 100 Å². The van der Waals surface area contributed by atoms with Crippen LogP contribution in [0.1, 0.15) is 24.1 Å². The van der Waals surface area contributed by atoms with E-state index in [0.717, 1.165) is 11.1 Å². The minimum Gasteiger partial charge on any atom is -0.495 e. The van der Waals surface area contributed by atoms with Crippen molar-refractivity contribution < 1.29 is 9.53 Å². The maximum atomic E-state index is 13.7. The summed E-state index contributed by atoms with van der Waals surface area (Å²) >= 11 is 6.19. The summed E-state index contributed by atoms with van der Waals surface area (Å²) in [6, 6.07) is 23.1. The standard InChI is InChI=1S/C27H21ClN6O2/c1-16-23(26(35)31-21-8-3-4-9-22(21)36-2)24(18-12-10-17(15-29)11-13-18)34-27(30-16)32-25(33-34)19-6-5-7-20(28)14-19/h3-14,24H,1-2H3,(H,31,35)(H,30,32,33). The fourth-order valence-electron chi connectivity index (χ4n) is 4.18. The predicted molar refractivity (Wildman–Crippen MR) is 138 cm³/mol. The molecule has 0 bridgehead atoms. The van der Waals surface area contributed by atoms with E-state index < -0.39 is 6.04 Å². The number of allylic oxidation sites excluding steroid dienone is 1. The Balaban J connectivity index is 1.61. The first-order chi connectivity index (χ1) is 17.5. The Morgan fingerprint density at radius 2 is 1.92 bits per heavy atom. The van der Waals surface area contributed by atoms with E-state index in [4.69, 9.17) is 21.4 Å². The van der Waals surface area contributed by atoms with Crippen LogP contribution in [0.5, 0.6) is 5.75 Å². The quantitative estimate of drug-likeness (QED) is 0.383. The third-order valence-electron chi connectivity index (χ3n) is 5.89. The van der Waals surface area contributed by atoms with Crippen molar-refractivity contribution in [2.24, 2.45) is 0 Å². The van der Waals surface area contributed by atoms with Gasteiger partial charge < -0.3 is 15.4 Å². The van der Waals surface area contributed by atoms with Gasteiger partial charge in [0.1, 0.15) is 11.8 Å². The van der Waals surface area contributed by atoms with E-state index in [2.05, 4.69) is 21.7 Å². The average Bonchev–Trinajstić information content (AvgIpc) is 3.32. The van der Waals surface area contributed by atoms with Gasteiger partial charge in [0.15, 0.2) is 5.82 Å². The van der Waals surface area contributed by atoms with Crippen molar-refractivity contribution in [2.75, 3.05) is 17.7 Å². The summed E-state index contributed by atoms with van der Waals surface area (Å²) < 4.78 is 7.08. The number of nitrogens with zero attached hydrogens (tertiary/aromatic N) is 4. The maximum Gasteiger partial charge on any atom is 0.255 e. The van der Waals surface area contributed by atoms with Crippen LogP contribution in [0, 0.1) is 11.3 Å². The van der Waals surface area contributed by atoms with E-state index >= 15 is 0 Å². The molecule has 0 aliphatic carbocycles. The molecule has 0 spiro atoms. The van der Waals surface area contributed by atoms with Crippen LogP contribution in [0.15, 0.2) is 84.1 Å². The summed E-state index contributed by atoms with van der Waals surface area (Å²) in [4.78, 5) is 18.4. The zero-order chi connectivity index (χ0) is 25.2. The van der Waals surface area contributed by atoms with E-state index in [0.29, 0.717) is 45.1 Å². The van der Waals surface area contributed by atoms with Crippen LogP contribution in [0.4, 0.5) is 11.6 Å². The van der Waals surface area contributed by atoms with Gasteiger partial charge in [-0.1, -0.05) is 48.0 Å². The lowest BCUT2D eigenvalue weighted by molar-refractivity contribution is -0.113. The Kier molecular flexibility index (Phi) is 6.15. The number of carbonyl (C=O) groups excluding carboxylic acids is 1. The first kappa shape index (κ1) is 23.1. The Morgan fingerprint density at radius 3 is 2.64 bits per heavy atom. The van der Waals surface area contributed by atoms with Crippen molar-refractivity contribution in [2.45, 2.75) is 13.0 Å². The van der Waals surface area contributed by atoms with E-state index in [-0.39, 0.29) is 5.91 Å². The van der Waals surface area contributed by atoms with E-state index in [1.807, 2.05) is 43.3 Å². The number of benzene rings is 3. The van der Waals surface area contributed by atoms with Crippen LogP contribution in [-0.2, 0) is 4.79 Å². The Labute approximate surface area is 212 Å². The number of fused-ring (bicyclic) bond motifs is 1. The lowest BCUT2D eigenvalue weighted by Crippen LogP contribution is -2.31. The summed E-state index contributed by atoms with van der Waals surface area (Å²) in [6.45, 7) is 1.82. The minimum absolute atomic E-state index is 0.315. The van der Waals surface area contributed by atoms with E-state index in [9.17, 15) is 10.1 Å². The highest BCUT2D eigenvalue weighted by Crippen LogP contribution is 2.37. The number of para-hydroxylation sites is 2. The summed E-state index contributed by atoms with van der Waals surface area (Å²) in [5.41, 5.74) is 3.70. The first-order valence-electron chi connectivity index (χ1n) is 11.1. The van der Waals surface area contributed by atoms with Crippen LogP contribution in [0.3, 0.4) is 0 Å². The number of aromatic nitrogens is 3. The topological polar surface area (TPSA) is 105 Å². The second-order valence-electron chi connectivity index (χ2n) is 8.17. The van der Waals surface area contributed by atoms with Gasteiger partial charge in [-0.2, -0.15) is 10.2 Å². The lowest BCUT2D eigenvalue weighted by atomic mass is 9.94. The average molecular weight is 497 g/mol. The normalized spacial score (nSPS) is 14.4. The van der Waals surface area contributed by atoms with Gasteiger partial charge in [0.25, 0.3) is 5.91 Å². The van der Waals surface area contributed by atoms with Crippen molar-refractivity contribution in [1.29, 1.82) is 5.26 Å². The predicted octanol–water partition coefficient (Wildman–Crippen LogP) is 5.41. The van der Waals surface area contributed by atoms with Crippen molar-refractivity contribution in [3.63, 3.8) is 0 Å². The molecule has 9 heteroatoms. The molecule has 0 saturated heterocycles. The van der Waals surface area contributed by atoms with E-state index in [1.165, 1.54) is 0 Å². The molecule has 3 aromatic carbocycles. The number of hydrogen-bond acceptors (Lipinski definition) is 6. The summed E-state index contributed by atoms with van der Waals surface area (Å²) in [5.74, 6) is 1.19. The molecule has 1 amide bonds. The minimum atomic E-state index is -0.593.